The first kappa shape index (κ1) is 16.2. The maximum atomic E-state index is 12.0. The molecule has 120 valence electrons. The molecular weight excluding hydrogens is 356 g/mol. The number of hydrogen-bond acceptors (Lipinski definition) is 6. The number of rotatable bonds is 7. The number of nitrogens with zero attached hydrogens (tertiary/aromatic N) is 2. The zero-order chi connectivity index (χ0) is 16.1. The van der Waals surface area contributed by atoms with Gasteiger partial charge in [0, 0.05) is 26.8 Å². The fourth-order valence-electron chi connectivity index (χ4n) is 1.84. The molecule has 0 N–H and O–H groups in total. The maximum absolute atomic E-state index is 12.0. The van der Waals surface area contributed by atoms with E-state index in [0.29, 0.717) is 34.8 Å². The quantitative estimate of drug-likeness (QED) is 0.635. The van der Waals surface area contributed by atoms with E-state index in [1.807, 2.05) is 16.8 Å². The van der Waals surface area contributed by atoms with Gasteiger partial charge in [-0.1, -0.05) is 22.8 Å². The van der Waals surface area contributed by atoms with E-state index in [4.69, 9.17) is 20.9 Å². The number of ether oxygens (including phenoxy) is 1. The molecule has 23 heavy (non-hydrogen) atoms. The molecule has 0 aliphatic carbocycles. The molecule has 2 heterocycles. The molecule has 0 bridgehead atoms. The summed E-state index contributed by atoms with van der Waals surface area (Å²) in [7, 11) is -1.14. The molecule has 8 heteroatoms. The molecule has 2 aromatic heterocycles. The second-order valence-electron chi connectivity index (χ2n) is 4.62. The van der Waals surface area contributed by atoms with Crippen LogP contribution in [0, 0.1) is 0 Å². The Hall–Kier alpha value is -1.70. The number of benzene rings is 1. The van der Waals surface area contributed by atoms with Gasteiger partial charge in [0.1, 0.15) is 11.5 Å². The molecule has 0 fully saturated rings. The van der Waals surface area contributed by atoms with Crippen molar-refractivity contribution in [3.8, 4) is 17.1 Å². The van der Waals surface area contributed by atoms with Crippen LogP contribution in [-0.4, -0.2) is 26.7 Å². The smallest absolute Gasteiger partial charge is 0.239 e. The largest absolute Gasteiger partial charge is 0.493 e. The van der Waals surface area contributed by atoms with Crippen LogP contribution >= 0.6 is 22.9 Å². The van der Waals surface area contributed by atoms with Gasteiger partial charge in [0.2, 0.25) is 11.7 Å². The number of aromatic nitrogens is 2. The number of hydrogen-bond donors (Lipinski definition) is 0. The highest BCUT2D eigenvalue weighted by molar-refractivity contribution is 7.84. The fourth-order valence-corrected chi connectivity index (χ4v) is 3.46. The minimum absolute atomic E-state index is 0.218. The summed E-state index contributed by atoms with van der Waals surface area (Å²) in [4.78, 5) is 4.25. The molecule has 0 saturated carbocycles. The van der Waals surface area contributed by atoms with Gasteiger partial charge < -0.3 is 9.26 Å². The highest BCUT2D eigenvalue weighted by Gasteiger charge is 2.12. The van der Waals surface area contributed by atoms with E-state index < -0.39 is 10.8 Å². The van der Waals surface area contributed by atoms with Crippen molar-refractivity contribution < 1.29 is 13.5 Å². The van der Waals surface area contributed by atoms with Gasteiger partial charge in [-0.25, -0.2) is 0 Å². The molecule has 3 rings (SSSR count). The summed E-state index contributed by atoms with van der Waals surface area (Å²) in [6.45, 7) is 0.332. The number of thiophene rings is 1. The maximum Gasteiger partial charge on any atom is 0.239 e. The zero-order valence-corrected chi connectivity index (χ0v) is 14.4. The van der Waals surface area contributed by atoms with Gasteiger partial charge in [-0.05, 0) is 29.6 Å². The zero-order valence-electron chi connectivity index (χ0n) is 12.0. The third kappa shape index (κ3) is 4.63. The van der Waals surface area contributed by atoms with E-state index in [-0.39, 0.29) is 5.75 Å². The third-order valence-corrected chi connectivity index (χ3v) is 5.02. The Kier molecular flexibility index (Phi) is 5.43. The lowest BCUT2D eigenvalue weighted by Gasteiger charge is -2.05. The van der Waals surface area contributed by atoms with Gasteiger partial charge in [0.05, 0.1) is 12.4 Å². The van der Waals surface area contributed by atoms with Gasteiger partial charge in [-0.15, -0.1) is 0 Å². The second kappa shape index (κ2) is 7.72. The van der Waals surface area contributed by atoms with Crippen LogP contribution in [0.3, 0.4) is 0 Å². The summed E-state index contributed by atoms with van der Waals surface area (Å²) in [6, 6.07) is 9.01. The molecular formula is C15H13ClN2O3S2. The van der Waals surface area contributed by atoms with E-state index in [1.54, 1.807) is 35.6 Å². The van der Waals surface area contributed by atoms with Crippen LogP contribution in [-0.2, 0) is 16.6 Å². The topological polar surface area (TPSA) is 65.2 Å². The van der Waals surface area contributed by atoms with Crippen LogP contribution in [0.1, 0.15) is 5.89 Å². The molecule has 0 aliphatic rings. The standard InChI is InChI=1S/C15H13ClN2O3S2/c16-12-2-1-3-13(8-12)20-5-7-23(19)10-14-17-15(18-21-14)11-4-6-22-9-11/h1-4,6,8-9H,5,7,10H2/t23-/m0/s1. The minimum atomic E-state index is -1.14. The molecule has 0 radical (unpaired) electrons. The van der Waals surface area contributed by atoms with E-state index in [9.17, 15) is 4.21 Å². The Morgan fingerprint density at radius 3 is 3.04 bits per heavy atom. The van der Waals surface area contributed by atoms with Crippen molar-refractivity contribution in [2.75, 3.05) is 12.4 Å². The molecule has 0 unspecified atom stereocenters. The molecule has 1 atom stereocenters. The highest BCUT2D eigenvalue weighted by atomic mass is 35.5. The Balaban J connectivity index is 1.48. The SMILES string of the molecule is O=[S@@](CCOc1cccc(Cl)c1)Cc1nc(-c2ccsc2)no1. The van der Waals surface area contributed by atoms with E-state index in [2.05, 4.69) is 10.1 Å². The van der Waals surface area contributed by atoms with Crippen LogP contribution in [0.15, 0.2) is 45.6 Å². The van der Waals surface area contributed by atoms with Crippen LogP contribution in [0.25, 0.3) is 11.4 Å². The summed E-state index contributed by atoms with van der Waals surface area (Å²) in [5.74, 6) is 2.14. The van der Waals surface area contributed by atoms with Crippen LogP contribution in [0.4, 0.5) is 0 Å². The van der Waals surface area contributed by atoms with Crippen molar-refractivity contribution in [3.05, 3.63) is 52.0 Å². The van der Waals surface area contributed by atoms with Crippen LogP contribution in [0.5, 0.6) is 5.75 Å². The Labute approximate surface area is 144 Å². The van der Waals surface area contributed by atoms with Crippen LogP contribution < -0.4 is 4.74 Å². The van der Waals surface area contributed by atoms with Gasteiger partial charge >= 0.3 is 0 Å². The number of halogens is 1. The van der Waals surface area contributed by atoms with Crippen LogP contribution in [0.2, 0.25) is 5.02 Å². The summed E-state index contributed by atoms with van der Waals surface area (Å²) < 4.78 is 22.7. The first-order valence-corrected chi connectivity index (χ1v) is 9.60. The first-order valence-electron chi connectivity index (χ1n) is 6.79. The third-order valence-electron chi connectivity index (χ3n) is 2.91. The van der Waals surface area contributed by atoms with Gasteiger partial charge in [-0.3, -0.25) is 4.21 Å². The Bertz CT molecular complexity index is 790. The van der Waals surface area contributed by atoms with E-state index in [0.717, 1.165) is 5.56 Å². The predicted molar refractivity (Wildman–Crippen MR) is 91.3 cm³/mol. The monoisotopic (exact) mass is 368 g/mol. The molecule has 0 spiro atoms. The average molecular weight is 369 g/mol. The van der Waals surface area contributed by atoms with Gasteiger partial charge in [0.25, 0.3) is 0 Å². The lowest BCUT2D eigenvalue weighted by atomic mass is 10.3. The summed E-state index contributed by atoms with van der Waals surface area (Å²) in [6.07, 6.45) is 0. The Morgan fingerprint density at radius 2 is 2.26 bits per heavy atom. The van der Waals surface area contributed by atoms with Crippen molar-refractivity contribution in [2.45, 2.75) is 5.75 Å². The minimum Gasteiger partial charge on any atom is -0.493 e. The normalized spacial score (nSPS) is 12.2. The molecule has 0 saturated heterocycles. The van der Waals surface area contributed by atoms with Crippen molar-refractivity contribution in [1.29, 1.82) is 0 Å². The molecule has 5 nitrogen and oxygen atoms in total. The Morgan fingerprint density at radius 1 is 1.35 bits per heavy atom. The van der Waals surface area contributed by atoms with Crippen molar-refractivity contribution in [1.82, 2.24) is 10.1 Å². The lowest BCUT2D eigenvalue weighted by molar-refractivity contribution is 0.342. The molecule has 3 aromatic rings. The second-order valence-corrected chi connectivity index (χ2v) is 7.41. The summed E-state index contributed by atoms with van der Waals surface area (Å²) in [5.41, 5.74) is 0.903. The van der Waals surface area contributed by atoms with E-state index in [1.165, 1.54) is 0 Å². The van der Waals surface area contributed by atoms with Crippen molar-refractivity contribution in [3.63, 3.8) is 0 Å². The highest BCUT2D eigenvalue weighted by Crippen LogP contribution is 2.19. The van der Waals surface area contributed by atoms with Crippen molar-refractivity contribution in [2.24, 2.45) is 0 Å². The summed E-state index contributed by atoms with van der Waals surface area (Å²) >= 11 is 7.43. The average Bonchev–Trinajstić information content (AvgIpc) is 3.18. The molecule has 0 aliphatic heterocycles. The van der Waals surface area contributed by atoms with Crippen molar-refractivity contribution >= 4 is 33.7 Å². The molecule has 0 amide bonds. The predicted octanol–water partition coefficient (Wildman–Crippen LogP) is 3.78. The fraction of sp³-hybridized carbons (Fsp3) is 0.200. The first-order chi connectivity index (χ1) is 11.2. The van der Waals surface area contributed by atoms with E-state index >= 15 is 0 Å². The lowest BCUT2D eigenvalue weighted by Crippen LogP contribution is -2.10. The molecule has 1 aromatic carbocycles. The van der Waals surface area contributed by atoms with Gasteiger partial charge in [0.15, 0.2) is 0 Å². The summed E-state index contributed by atoms with van der Waals surface area (Å²) in [5, 5.41) is 8.37. The van der Waals surface area contributed by atoms with Gasteiger partial charge in [-0.2, -0.15) is 16.3 Å².